The van der Waals surface area contributed by atoms with Crippen molar-refractivity contribution in [1.82, 2.24) is 0 Å². The first-order valence-corrected chi connectivity index (χ1v) is 27.8. The standard InChI is InChI=1S/C70H70BN3/c1-45-34-63-65-64(35-45)73(59-31-27-52(66(2,3)4)39-55(59)46-20-12-10-13-21-46)62-40-54(74-60-25-17-16-24-56(60)70(51-22-14-11-15-23-51)33-19-18-32-69(70,74)9)29-30-57(62)71(65)58-37-49-43-68(7,8)44-50(49)38-61(58)72(63)53-28-26-47-41-67(5,6)42-48(47)36-53/h10-17,20-31,34-40H,18-19,32-33,41-44H2,1-9H3. The van der Waals surface area contributed by atoms with Crippen molar-refractivity contribution >= 4 is 68.6 Å². The average Bonchev–Trinajstić information content (AvgIpc) is 3.96. The molecule has 3 aliphatic carbocycles. The molecule has 0 amide bonds. The van der Waals surface area contributed by atoms with Crippen LogP contribution in [0.4, 0.5) is 45.5 Å². The van der Waals surface area contributed by atoms with Crippen molar-refractivity contribution in [2.24, 2.45) is 10.8 Å². The van der Waals surface area contributed by atoms with Crippen molar-refractivity contribution in [2.75, 3.05) is 14.7 Å². The van der Waals surface area contributed by atoms with Crippen LogP contribution in [0.2, 0.25) is 0 Å². The first-order chi connectivity index (χ1) is 35.5. The molecular weight excluding hydrogens is 894 g/mol. The lowest BCUT2D eigenvalue weighted by Gasteiger charge is -2.52. The van der Waals surface area contributed by atoms with Gasteiger partial charge in [0, 0.05) is 50.8 Å². The van der Waals surface area contributed by atoms with E-state index in [4.69, 9.17) is 0 Å². The first-order valence-electron chi connectivity index (χ1n) is 27.8. The highest BCUT2D eigenvalue weighted by atomic mass is 15.3. The van der Waals surface area contributed by atoms with E-state index in [1.165, 1.54) is 130 Å². The fourth-order valence-electron chi connectivity index (χ4n) is 15.7. The van der Waals surface area contributed by atoms with Crippen LogP contribution in [0.3, 0.4) is 0 Å². The molecule has 1 saturated carbocycles. The van der Waals surface area contributed by atoms with Crippen molar-refractivity contribution < 1.29 is 0 Å². The number of rotatable bonds is 5. The number of para-hydroxylation sites is 1. The molecule has 3 aliphatic heterocycles. The minimum absolute atomic E-state index is 0.0306. The van der Waals surface area contributed by atoms with Crippen molar-refractivity contribution in [3.8, 4) is 11.1 Å². The van der Waals surface area contributed by atoms with Crippen LogP contribution in [-0.4, -0.2) is 12.3 Å². The van der Waals surface area contributed by atoms with Crippen molar-refractivity contribution in [1.29, 1.82) is 0 Å². The van der Waals surface area contributed by atoms with Gasteiger partial charge in [-0.05, 0) is 196 Å². The van der Waals surface area contributed by atoms with E-state index in [0.29, 0.717) is 0 Å². The summed E-state index contributed by atoms with van der Waals surface area (Å²) in [6.07, 6.45) is 9.10. The summed E-state index contributed by atoms with van der Waals surface area (Å²) in [6, 6.07) is 64.9. The number of nitrogens with zero attached hydrogens (tertiary/aromatic N) is 3. The fourth-order valence-corrected chi connectivity index (χ4v) is 15.7. The first kappa shape index (κ1) is 45.8. The molecule has 0 N–H and O–H groups in total. The van der Waals surface area contributed by atoms with Gasteiger partial charge in [-0.2, -0.15) is 0 Å². The lowest BCUT2D eigenvalue weighted by atomic mass is 9.33. The molecular formula is C70H70BN3. The average molecular weight is 964 g/mol. The lowest BCUT2D eigenvalue weighted by Crippen LogP contribution is -2.61. The predicted octanol–water partition coefficient (Wildman–Crippen LogP) is 16.1. The van der Waals surface area contributed by atoms with Crippen LogP contribution < -0.4 is 31.1 Å². The minimum Gasteiger partial charge on any atom is -0.334 e. The smallest absolute Gasteiger partial charge is 0.252 e. The maximum Gasteiger partial charge on any atom is 0.252 e. The maximum atomic E-state index is 2.80. The Balaban J connectivity index is 1.06. The molecule has 0 saturated heterocycles. The lowest BCUT2D eigenvalue weighted by molar-refractivity contribution is 0.215. The third-order valence-corrected chi connectivity index (χ3v) is 18.8. The number of fused-ring (bicyclic) bond motifs is 9. The van der Waals surface area contributed by atoms with Crippen molar-refractivity contribution in [3.05, 3.63) is 208 Å². The molecule has 0 aromatic heterocycles. The summed E-state index contributed by atoms with van der Waals surface area (Å²) < 4.78 is 0. The predicted molar refractivity (Wildman–Crippen MR) is 314 cm³/mol. The summed E-state index contributed by atoms with van der Waals surface area (Å²) in [7, 11) is 0. The summed E-state index contributed by atoms with van der Waals surface area (Å²) in [5.74, 6) is 0. The topological polar surface area (TPSA) is 9.72 Å². The second-order valence-corrected chi connectivity index (χ2v) is 26.2. The third-order valence-electron chi connectivity index (χ3n) is 18.8. The molecule has 2 atom stereocenters. The van der Waals surface area contributed by atoms with Gasteiger partial charge in [0.25, 0.3) is 6.71 Å². The van der Waals surface area contributed by atoms with Crippen LogP contribution in [0, 0.1) is 17.8 Å². The Hall–Kier alpha value is -6.78. The van der Waals surface area contributed by atoms with Crippen molar-refractivity contribution in [3.63, 3.8) is 0 Å². The maximum absolute atomic E-state index is 2.80. The Morgan fingerprint density at radius 1 is 0.473 bits per heavy atom. The molecule has 4 heteroatoms. The summed E-state index contributed by atoms with van der Waals surface area (Å²) >= 11 is 0. The molecule has 0 bridgehead atoms. The highest BCUT2D eigenvalue weighted by Crippen LogP contribution is 2.64. The molecule has 0 radical (unpaired) electrons. The highest BCUT2D eigenvalue weighted by molar-refractivity contribution is 7.00. The van der Waals surface area contributed by atoms with E-state index in [1.807, 2.05) is 0 Å². The van der Waals surface area contributed by atoms with Gasteiger partial charge in [0.15, 0.2) is 0 Å². The largest absolute Gasteiger partial charge is 0.334 e. The zero-order chi connectivity index (χ0) is 50.7. The van der Waals surface area contributed by atoms with E-state index in [-0.39, 0.29) is 33.9 Å². The van der Waals surface area contributed by atoms with Gasteiger partial charge in [-0.15, -0.1) is 0 Å². The molecule has 8 aromatic carbocycles. The number of hydrogen-bond acceptors (Lipinski definition) is 3. The van der Waals surface area contributed by atoms with Crippen molar-refractivity contribution in [2.45, 2.75) is 130 Å². The number of aryl methyl sites for hydroxylation is 1. The summed E-state index contributed by atoms with van der Waals surface area (Å²) in [6.45, 7) is 21.8. The van der Waals surface area contributed by atoms with E-state index in [2.05, 4.69) is 241 Å². The second-order valence-electron chi connectivity index (χ2n) is 26.2. The quantitative estimate of drug-likeness (QED) is 0.159. The van der Waals surface area contributed by atoms with E-state index < -0.39 is 0 Å². The van der Waals surface area contributed by atoms with Gasteiger partial charge in [0.1, 0.15) is 0 Å². The zero-order valence-corrected chi connectivity index (χ0v) is 45.2. The molecule has 6 aliphatic rings. The van der Waals surface area contributed by atoms with E-state index in [0.717, 1.165) is 38.5 Å². The van der Waals surface area contributed by atoms with Gasteiger partial charge < -0.3 is 14.7 Å². The number of hydrogen-bond donors (Lipinski definition) is 0. The van der Waals surface area contributed by atoms with Gasteiger partial charge in [-0.1, -0.05) is 164 Å². The SMILES string of the molecule is Cc1cc2c3c(c1)N(c1ccc(C(C)(C)C)cc1-c1ccccc1)c1cc(N4c5ccccc5C5(c6ccccc6)CCCCC45C)ccc1B3c1cc3c(cc1N2c1ccc2c(c1)CC(C)(C)C2)CC(C)(C)C3. The Bertz CT molecular complexity index is 3620. The van der Waals surface area contributed by atoms with Crippen LogP contribution in [0.25, 0.3) is 11.1 Å². The normalized spacial score (nSPS) is 21.4. The van der Waals surface area contributed by atoms with E-state index >= 15 is 0 Å². The monoisotopic (exact) mass is 964 g/mol. The highest BCUT2D eigenvalue weighted by Gasteiger charge is 2.61. The Labute approximate surface area is 441 Å². The molecule has 74 heavy (non-hydrogen) atoms. The number of anilines is 8. The Morgan fingerprint density at radius 3 is 1.84 bits per heavy atom. The Kier molecular flexibility index (Phi) is 9.83. The van der Waals surface area contributed by atoms with E-state index in [9.17, 15) is 0 Å². The van der Waals surface area contributed by atoms with Crippen LogP contribution in [-0.2, 0) is 36.5 Å². The van der Waals surface area contributed by atoms with Crippen LogP contribution in [0.5, 0.6) is 0 Å². The molecule has 3 nitrogen and oxygen atoms in total. The van der Waals surface area contributed by atoms with Gasteiger partial charge >= 0.3 is 0 Å². The van der Waals surface area contributed by atoms with Gasteiger partial charge in [0.05, 0.1) is 11.2 Å². The Morgan fingerprint density at radius 2 is 1.09 bits per heavy atom. The van der Waals surface area contributed by atoms with Crippen LogP contribution in [0.15, 0.2) is 164 Å². The molecule has 3 heterocycles. The van der Waals surface area contributed by atoms with Gasteiger partial charge in [0.2, 0.25) is 0 Å². The summed E-state index contributed by atoms with van der Waals surface area (Å²) in [5.41, 5.74) is 28.6. The van der Waals surface area contributed by atoms with Gasteiger partial charge in [-0.25, -0.2) is 0 Å². The molecule has 1 fully saturated rings. The second kappa shape index (κ2) is 15.9. The molecule has 368 valence electrons. The van der Waals surface area contributed by atoms with Crippen LogP contribution in [0.1, 0.15) is 126 Å². The molecule has 14 rings (SSSR count). The summed E-state index contributed by atoms with van der Waals surface area (Å²) in [4.78, 5) is 8.18. The van der Waals surface area contributed by atoms with E-state index in [1.54, 1.807) is 0 Å². The zero-order valence-electron chi connectivity index (χ0n) is 45.2. The van der Waals surface area contributed by atoms with Gasteiger partial charge in [-0.3, -0.25) is 0 Å². The fraction of sp³-hybridized carbons (Fsp3) is 0.314. The summed E-state index contributed by atoms with van der Waals surface area (Å²) in [5, 5.41) is 0. The molecule has 2 unspecified atom stereocenters. The van der Waals surface area contributed by atoms with Crippen LogP contribution >= 0.6 is 0 Å². The molecule has 0 spiro atoms. The molecule has 8 aromatic rings. The minimum atomic E-state index is -0.189. The third kappa shape index (κ3) is 6.64. The number of benzene rings is 8.